The molecule has 0 radical (unpaired) electrons. The van der Waals surface area contributed by atoms with E-state index in [2.05, 4.69) is 10.3 Å². The second-order valence-electron chi connectivity index (χ2n) is 5.19. The summed E-state index contributed by atoms with van der Waals surface area (Å²) in [5, 5.41) is 13.9. The van der Waals surface area contributed by atoms with Crippen LogP contribution in [0.3, 0.4) is 0 Å². The Morgan fingerprint density at radius 2 is 2.33 bits per heavy atom. The fourth-order valence-corrected chi connectivity index (χ4v) is 4.30. The number of hydrogen-bond acceptors (Lipinski definition) is 5. The number of carboxylic acid groups (broad SMARTS) is 1. The van der Waals surface area contributed by atoms with E-state index in [1.165, 1.54) is 28.0 Å². The fraction of sp³-hybridized carbons (Fsp3) is 0.615. The van der Waals surface area contributed by atoms with E-state index >= 15 is 0 Å². The predicted octanol–water partition coefficient (Wildman–Crippen LogP) is 1.88. The first-order valence-corrected chi connectivity index (χ1v) is 8.77. The number of rotatable bonds is 5. The summed E-state index contributed by atoms with van der Waals surface area (Å²) in [6, 6.07) is -1.05. The first-order valence-electron chi connectivity index (χ1n) is 6.78. The van der Waals surface area contributed by atoms with Gasteiger partial charge in [-0.25, -0.2) is 14.6 Å². The number of thioether (sulfide) groups is 1. The Bertz CT molecular complexity index is 493. The number of aliphatic carboxylic acids is 1. The minimum atomic E-state index is -0.944. The molecule has 0 aromatic carbocycles. The highest BCUT2D eigenvalue weighted by atomic mass is 32.2. The molecule has 2 heterocycles. The van der Waals surface area contributed by atoms with Gasteiger partial charge >= 0.3 is 12.0 Å². The van der Waals surface area contributed by atoms with E-state index in [1.807, 2.05) is 19.2 Å². The molecule has 1 aliphatic rings. The Labute approximate surface area is 131 Å². The van der Waals surface area contributed by atoms with E-state index in [0.29, 0.717) is 18.7 Å². The number of carbonyl (C=O) groups is 2. The zero-order chi connectivity index (χ0) is 15.4. The third-order valence-corrected chi connectivity index (χ3v) is 5.52. The van der Waals surface area contributed by atoms with Crippen LogP contribution in [-0.4, -0.2) is 50.7 Å². The zero-order valence-electron chi connectivity index (χ0n) is 12.0. The highest BCUT2D eigenvalue weighted by Gasteiger charge is 2.42. The van der Waals surface area contributed by atoms with Gasteiger partial charge in [0.15, 0.2) is 0 Å². The zero-order valence-corrected chi connectivity index (χ0v) is 13.6. The summed E-state index contributed by atoms with van der Waals surface area (Å²) >= 11 is 3.05. The molecule has 2 atom stereocenters. The van der Waals surface area contributed by atoms with E-state index in [9.17, 15) is 14.7 Å². The lowest BCUT2D eigenvalue weighted by molar-refractivity contribution is -0.141. The number of hydrogen-bond donors (Lipinski definition) is 2. The molecule has 2 rings (SSSR count). The molecule has 116 valence electrons. The lowest BCUT2D eigenvalue weighted by atomic mass is 10.2. The number of aromatic nitrogens is 1. The maximum absolute atomic E-state index is 12.3. The summed E-state index contributed by atoms with van der Waals surface area (Å²) in [6.45, 7) is 4.45. The van der Waals surface area contributed by atoms with Crippen molar-refractivity contribution in [2.75, 3.05) is 12.3 Å². The van der Waals surface area contributed by atoms with Gasteiger partial charge in [-0.15, -0.1) is 23.1 Å². The Morgan fingerprint density at radius 3 is 2.90 bits per heavy atom. The molecule has 1 aromatic rings. The summed E-state index contributed by atoms with van der Waals surface area (Å²) in [5.41, 5.74) is 2.69. The van der Waals surface area contributed by atoms with E-state index in [-0.39, 0.29) is 17.3 Å². The largest absolute Gasteiger partial charge is 0.480 e. The first kappa shape index (κ1) is 16.1. The monoisotopic (exact) mass is 329 g/mol. The van der Waals surface area contributed by atoms with Gasteiger partial charge in [0.05, 0.1) is 16.6 Å². The first-order chi connectivity index (χ1) is 10.0. The average Bonchev–Trinajstić information content (AvgIpc) is 3.07. The lowest BCUT2D eigenvalue weighted by Gasteiger charge is -2.29. The number of nitrogens with one attached hydrogen (secondary N) is 1. The number of nitrogens with zero attached hydrogens (tertiary/aromatic N) is 2. The number of urea groups is 1. The van der Waals surface area contributed by atoms with Crippen molar-refractivity contribution < 1.29 is 14.7 Å². The summed E-state index contributed by atoms with van der Waals surface area (Å²) < 4.78 is 0. The third kappa shape index (κ3) is 3.88. The summed E-state index contributed by atoms with van der Waals surface area (Å²) in [5.74, 6) is -0.290. The molecule has 6 nitrogen and oxygen atoms in total. The van der Waals surface area contributed by atoms with Crippen LogP contribution in [0.4, 0.5) is 4.79 Å². The van der Waals surface area contributed by atoms with Crippen LogP contribution in [0, 0.1) is 5.92 Å². The summed E-state index contributed by atoms with van der Waals surface area (Å²) in [7, 11) is 0. The smallest absolute Gasteiger partial charge is 0.327 e. The standard InChI is InChI=1S/C13H19N3O3S2/c1-8(2)11-16(10(6-21-11)12(17)18)13(19)14-4-3-9-5-20-7-15-9/h5,7-8,10-11H,3-4,6H2,1-2H3,(H,14,19)(H,17,18). The number of carbonyl (C=O) groups excluding carboxylic acids is 1. The topological polar surface area (TPSA) is 82.5 Å². The molecule has 2 amide bonds. The molecule has 1 aliphatic heterocycles. The molecule has 0 bridgehead atoms. The van der Waals surface area contributed by atoms with Crippen LogP contribution in [0.2, 0.25) is 0 Å². The van der Waals surface area contributed by atoms with Crippen LogP contribution in [0.1, 0.15) is 19.5 Å². The van der Waals surface area contributed by atoms with Gasteiger partial charge in [-0.05, 0) is 5.92 Å². The molecule has 0 aliphatic carbocycles. The van der Waals surface area contributed by atoms with Gasteiger partial charge in [0.1, 0.15) is 6.04 Å². The van der Waals surface area contributed by atoms with Gasteiger partial charge in [0.2, 0.25) is 0 Å². The lowest BCUT2D eigenvalue weighted by Crippen LogP contribution is -2.51. The Balaban J connectivity index is 1.94. The van der Waals surface area contributed by atoms with Crippen LogP contribution in [0.15, 0.2) is 10.9 Å². The highest BCUT2D eigenvalue weighted by Crippen LogP contribution is 2.33. The normalized spacial score (nSPS) is 21.8. The van der Waals surface area contributed by atoms with Gasteiger partial charge in [-0.1, -0.05) is 13.8 Å². The van der Waals surface area contributed by atoms with Crippen LogP contribution < -0.4 is 5.32 Å². The van der Waals surface area contributed by atoms with Crippen molar-refractivity contribution in [1.29, 1.82) is 0 Å². The van der Waals surface area contributed by atoms with Crippen LogP contribution in [0.25, 0.3) is 0 Å². The molecule has 1 fully saturated rings. The molecule has 21 heavy (non-hydrogen) atoms. The average molecular weight is 329 g/mol. The van der Waals surface area contributed by atoms with Crippen molar-refractivity contribution in [3.8, 4) is 0 Å². The maximum Gasteiger partial charge on any atom is 0.327 e. The van der Waals surface area contributed by atoms with Gasteiger partial charge in [-0.3, -0.25) is 4.90 Å². The van der Waals surface area contributed by atoms with Crippen molar-refractivity contribution in [2.24, 2.45) is 5.92 Å². The van der Waals surface area contributed by atoms with Gasteiger partial charge in [0, 0.05) is 24.1 Å². The predicted molar refractivity (Wildman–Crippen MR) is 83.6 cm³/mol. The van der Waals surface area contributed by atoms with E-state index in [0.717, 1.165) is 5.69 Å². The van der Waals surface area contributed by atoms with Crippen LogP contribution in [0.5, 0.6) is 0 Å². The SMILES string of the molecule is CC(C)C1SCC(C(=O)O)N1C(=O)NCCc1cscn1. The Kier molecular flexibility index (Phi) is 5.46. The van der Waals surface area contributed by atoms with Gasteiger partial charge in [-0.2, -0.15) is 0 Å². The number of carboxylic acids is 1. The number of amides is 2. The van der Waals surface area contributed by atoms with Crippen LogP contribution in [-0.2, 0) is 11.2 Å². The molecule has 2 unspecified atom stereocenters. The van der Waals surface area contributed by atoms with E-state index < -0.39 is 12.0 Å². The van der Waals surface area contributed by atoms with Crippen molar-refractivity contribution in [2.45, 2.75) is 31.7 Å². The minimum absolute atomic E-state index is 0.0922. The van der Waals surface area contributed by atoms with Crippen LogP contribution >= 0.6 is 23.1 Å². The van der Waals surface area contributed by atoms with Crippen molar-refractivity contribution in [1.82, 2.24) is 15.2 Å². The Morgan fingerprint density at radius 1 is 1.57 bits per heavy atom. The quantitative estimate of drug-likeness (QED) is 0.862. The van der Waals surface area contributed by atoms with E-state index in [1.54, 1.807) is 5.51 Å². The van der Waals surface area contributed by atoms with Gasteiger partial charge < -0.3 is 10.4 Å². The molecular formula is C13H19N3O3S2. The molecule has 1 saturated heterocycles. The molecule has 1 aromatic heterocycles. The second-order valence-corrected chi connectivity index (χ2v) is 7.06. The minimum Gasteiger partial charge on any atom is -0.480 e. The molecule has 8 heteroatoms. The van der Waals surface area contributed by atoms with Crippen molar-refractivity contribution in [3.63, 3.8) is 0 Å². The number of thiazole rings is 1. The molecule has 2 N–H and O–H groups in total. The van der Waals surface area contributed by atoms with E-state index in [4.69, 9.17) is 0 Å². The fourth-order valence-electron chi connectivity index (χ4n) is 2.24. The summed E-state index contributed by atoms with van der Waals surface area (Å²) in [6.07, 6.45) is 0.653. The van der Waals surface area contributed by atoms with Gasteiger partial charge in [0.25, 0.3) is 0 Å². The molecule has 0 spiro atoms. The molecule has 0 saturated carbocycles. The maximum atomic E-state index is 12.3. The highest BCUT2D eigenvalue weighted by molar-refractivity contribution is 8.00. The summed E-state index contributed by atoms with van der Waals surface area (Å²) in [4.78, 5) is 29.2. The second kappa shape index (κ2) is 7.13. The third-order valence-electron chi connectivity index (χ3n) is 3.27. The van der Waals surface area contributed by atoms with Crippen molar-refractivity contribution in [3.05, 3.63) is 16.6 Å². The van der Waals surface area contributed by atoms with Crippen molar-refractivity contribution >= 4 is 35.1 Å². The Hall–Kier alpha value is -1.28. The molecular weight excluding hydrogens is 310 g/mol.